The molecule has 3 saturated heterocycles. The summed E-state index contributed by atoms with van der Waals surface area (Å²) in [6.07, 6.45) is 2.27. The first-order chi connectivity index (χ1) is 7.75. The van der Waals surface area contributed by atoms with Crippen molar-refractivity contribution in [3.8, 4) is 0 Å². The van der Waals surface area contributed by atoms with Gasteiger partial charge in [-0.2, -0.15) is 0 Å². The van der Waals surface area contributed by atoms with Crippen molar-refractivity contribution in [3.05, 3.63) is 0 Å². The van der Waals surface area contributed by atoms with Gasteiger partial charge in [-0.15, -0.1) is 0 Å². The predicted octanol–water partition coefficient (Wildman–Crippen LogP) is -1.06. The van der Waals surface area contributed by atoms with Gasteiger partial charge in [0.25, 0.3) is 0 Å². The van der Waals surface area contributed by atoms with Gasteiger partial charge in [0.1, 0.15) is 0 Å². The normalized spacial score (nSPS) is 36.5. The van der Waals surface area contributed by atoms with E-state index in [1.54, 1.807) is 0 Å². The molecule has 0 aromatic carbocycles. The maximum Gasteiger partial charge on any atom is 0.231 e. The van der Waals surface area contributed by atoms with Crippen molar-refractivity contribution in [1.29, 1.82) is 0 Å². The van der Waals surface area contributed by atoms with E-state index >= 15 is 0 Å². The molecule has 5 heteroatoms. The van der Waals surface area contributed by atoms with Crippen molar-refractivity contribution in [2.24, 2.45) is 11.8 Å². The number of fused-ring (bicyclic) bond motifs is 1. The summed E-state index contributed by atoms with van der Waals surface area (Å²) in [4.78, 5) is 25.4. The molecule has 0 aromatic heterocycles. The van der Waals surface area contributed by atoms with Crippen LogP contribution in [0.2, 0.25) is 0 Å². The fraction of sp³-hybridized carbons (Fsp3) is 0.818. The van der Waals surface area contributed by atoms with Gasteiger partial charge in [-0.25, -0.2) is 0 Å². The molecule has 3 fully saturated rings. The first-order valence-electron chi connectivity index (χ1n) is 6.05. The molecule has 0 saturated carbocycles. The Morgan fingerprint density at radius 2 is 1.56 bits per heavy atom. The molecule has 0 bridgehead atoms. The molecule has 88 valence electrons. The van der Waals surface area contributed by atoms with Crippen LogP contribution in [-0.4, -0.2) is 48.9 Å². The molecule has 5 nitrogen and oxygen atoms in total. The van der Waals surface area contributed by atoms with E-state index in [1.165, 1.54) is 0 Å². The third-order valence-corrected chi connectivity index (χ3v) is 4.09. The van der Waals surface area contributed by atoms with Gasteiger partial charge in [0.2, 0.25) is 11.8 Å². The molecule has 0 aliphatic carbocycles. The second kappa shape index (κ2) is 3.82. The highest BCUT2D eigenvalue weighted by molar-refractivity contribution is 6.05. The van der Waals surface area contributed by atoms with E-state index in [4.69, 9.17) is 0 Å². The zero-order valence-corrected chi connectivity index (χ0v) is 9.24. The van der Waals surface area contributed by atoms with Crippen LogP contribution in [0, 0.1) is 11.8 Å². The van der Waals surface area contributed by atoms with Gasteiger partial charge >= 0.3 is 0 Å². The number of carbonyl (C=O) groups is 2. The largest absolute Gasteiger partial charge is 0.317 e. The Bertz CT molecular complexity index is 303. The number of nitrogens with one attached hydrogen (secondary N) is 2. The number of piperidine rings is 1. The van der Waals surface area contributed by atoms with Crippen LogP contribution >= 0.6 is 0 Å². The summed E-state index contributed by atoms with van der Waals surface area (Å²) in [6, 6.07) is 0.562. The van der Waals surface area contributed by atoms with Gasteiger partial charge in [-0.3, -0.25) is 19.8 Å². The van der Waals surface area contributed by atoms with Crippen molar-refractivity contribution >= 4 is 11.8 Å². The summed E-state index contributed by atoms with van der Waals surface area (Å²) >= 11 is 0. The molecule has 3 heterocycles. The Morgan fingerprint density at radius 1 is 1.00 bits per heavy atom. The highest BCUT2D eigenvalue weighted by atomic mass is 16.2. The van der Waals surface area contributed by atoms with Crippen molar-refractivity contribution in [2.45, 2.75) is 18.9 Å². The van der Waals surface area contributed by atoms with Gasteiger partial charge in [0, 0.05) is 19.1 Å². The Hall–Kier alpha value is -0.940. The van der Waals surface area contributed by atoms with Crippen LogP contribution in [0.1, 0.15) is 12.8 Å². The van der Waals surface area contributed by atoms with Crippen LogP contribution in [0.3, 0.4) is 0 Å². The van der Waals surface area contributed by atoms with Crippen molar-refractivity contribution < 1.29 is 9.59 Å². The van der Waals surface area contributed by atoms with Gasteiger partial charge in [0.05, 0.1) is 11.8 Å². The van der Waals surface area contributed by atoms with E-state index in [0.717, 1.165) is 39.0 Å². The van der Waals surface area contributed by atoms with E-state index < -0.39 is 0 Å². The molecule has 0 spiro atoms. The minimum atomic E-state index is -0.0811. The van der Waals surface area contributed by atoms with E-state index in [9.17, 15) is 9.59 Å². The Morgan fingerprint density at radius 3 is 2.12 bits per heavy atom. The summed E-state index contributed by atoms with van der Waals surface area (Å²) in [5, 5.41) is 5.76. The van der Waals surface area contributed by atoms with Gasteiger partial charge < -0.3 is 5.32 Å². The van der Waals surface area contributed by atoms with Crippen LogP contribution in [-0.2, 0) is 9.59 Å². The molecule has 3 aliphatic heterocycles. The SMILES string of the molecule is O=C1NC(=O)[C@@H]2CN(C3CCNCC3)C[C@@H]12. The highest BCUT2D eigenvalue weighted by Gasteiger charge is 2.48. The summed E-state index contributed by atoms with van der Waals surface area (Å²) < 4.78 is 0. The van der Waals surface area contributed by atoms with Crippen LogP contribution in [0.4, 0.5) is 0 Å². The Labute approximate surface area is 94.6 Å². The standard InChI is InChI=1S/C11H17N3O2/c15-10-8-5-14(6-9(8)11(16)13-10)7-1-3-12-4-2-7/h7-9,12H,1-6H2,(H,13,15,16)/t8-,9-/m1/s1. The molecular formula is C11H17N3O2. The molecular weight excluding hydrogens is 206 g/mol. The maximum absolute atomic E-state index is 11.5. The molecule has 2 N–H and O–H groups in total. The molecule has 3 aliphatic rings. The van der Waals surface area contributed by atoms with Crippen molar-refractivity contribution in [2.75, 3.05) is 26.2 Å². The topological polar surface area (TPSA) is 61.4 Å². The highest BCUT2D eigenvalue weighted by Crippen LogP contribution is 2.31. The summed E-state index contributed by atoms with van der Waals surface area (Å²) in [7, 11) is 0. The zero-order valence-electron chi connectivity index (χ0n) is 9.24. The summed E-state index contributed by atoms with van der Waals surface area (Å²) in [5.74, 6) is -0.289. The molecule has 0 radical (unpaired) electrons. The Kier molecular flexibility index (Phi) is 2.44. The number of nitrogens with zero attached hydrogens (tertiary/aromatic N) is 1. The van der Waals surface area contributed by atoms with Gasteiger partial charge in [0.15, 0.2) is 0 Å². The molecule has 0 aromatic rings. The minimum Gasteiger partial charge on any atom is -0.317 e. The van der Waals surface area contributed by atoms with Crippen molar-refractivity contribution in [3.63, 3.8) is 0 Å². The lowest BCUT2D eigenvalue weighted by Gasteiger charge is -2.31. The van der Waals surface area contributed by atoms with Crippen LogP contribution in [0.25, 0.3) is 0 Å². The molecule has 2 amide bonds. The molecule has 2 atom stereocenters. The number of hydrogen-bond donors (Lipinski definition) is 2. The summed E-state index contributed by atoms with van der Waals surface area (Å²) in [6.45, 7) is 3.65. The second-order valence-corrected chi connectivity index (χ2v) is 5.00. The van der Waals surface area contributed by atoms with E-state index in [-0.39, 0.29) is 23.7 Å². The van der Waals surface area contributed by atoms with Gasteiger partial charge in [-0.05, 0) is 25.9 Å². The van der Waals surface area contributed by atoms with Crippen molar-refractivity contribution in [1.82, 2.24) is 15.5 Å². The minimum absolute atomic E-state index is 0.0635. The van der Waals surface area contributed by atoms with Crippen LogP contribution in [0.15, 0.2) is 0 Å². The van der Waals surface area contributed by atoms with E-state index in [1.807, 2.05) is 0 Å². The number of imide groups is 1. The smallest absolute Gasteiger partial charge is 0.231 e. The summed E-state index contributed by atoms with van der Waals surface area (Å²) in [5.41, 5.74) is 0. The predicted molar refractivity (Wildman–Crippen MR) is 57.6 cm³/mol. The average Bonchev–Trinajstić information content (AvgIpc) is 2.83. The molecule has 16 heavy (non-hydrogen) atoms. The maximum atomic E-state index is 11.5. The quantitative estimate of drug-likeness (QED) is 0.556. The zero-order chi connectivity index (χ0) is 11.1. The first kappa shape index (κ1) is 10.2. The first-order valence-corrected chi connectivity index (χ1v) is 6.05. The number of carbonyl (C=O) groups excluding carboxylic acids is 2. The third kappa shape index (κ3) is 1.55. The number of hydrogen-bond acceptors (Lipinski definition) is 4. The number of likely N-dealkylation sites (tertiary alicyclic amines) is 1. The lowest BCUT2D eigenvalue weighted by molar-refractivity contribution is -0.126. The van der Waals surface area contributed by atoms with Gasteiger partial charge in [-0.1, -0.05) is 0 Å². The lowest BCUT2D eigenvalue weighted by atomic mass is 10.00. The lowest BCUT2D eigenvalue weighted by Crippen LogP contribution is -2.43. The second-order valence-electron chi connectivity index (χ2n) is 5.00. The fourth-order valence-electron chi connectivity index (χ4n) is 3.14. The third-order valence-electron chi connectivity index (χ3n) is 4.09. The monoisotopic (exact) mass is 223 g/mol. The van der Waals surface area contributed by atoms with E-state index in [0.29, 0.717) is 6.04 Å². The fourth-order valence-corrected chi connectivity index (χ4v) is 3.14. The van der Waals surface area contributed by atoms with Crippen LogP contribution in [0.5, 0.6) is 0 Å². The van der Waals surface area contributed by atoms with E-state index in [2.05, 4.69) is 15.5 Å². The van der Waals surface area contributed by atoms with Crippen LogP contribution < -0.4 is 10.6 Å². The molecule has 3 rings (SSSR count). The molecule has 0 unspecified atom stereocenters. The Balaban J connectivity index is 1.68. The number of amides is 2. The number of rotatable bonds is 1. The average molecular weight is 223 g/mol.